The van der Waals surface area contributed by atoms with Crippen LogP contribution in [0.4, 0.5) is 0 Å². The number of hydrogen-bond acceptors (Lipinski definition) is 2. The fraction of sp³-hybridized carbons (Fsp3) is 0.450. The zero-order chi connectivity index (χ0) is 33.9. The maximum Gasteiger partial charge on any atom is 0.328 e. The van der Waals surface area contributed by atoms with Gasteiger partial charge < -0.3 is 10.2 Å². The third-order valence-corrected chi connectivity index (χ3v) is 6.43. The Balaban J connectivity index is 0. The van der Waals surface area contributed by atoms with Gasteiger partial charge in [0.05, 0.1) is 0 Å². The maximum atomic E-state index is 10.5. The van der Waals surface area contributed by atoms with Crippen LogP contribution in [0.25, 0.3) is 0 Å². The minimum Gasteiger partial charge on any atom is -0.478 e. The Hall–Kier alpha value is -3.66. The van der Waals surface area contributed by atoms with Crippen LogP contribution in [0.1, 0.15) is 121 Å². The van der Waals surface area contributed by atoms with Gasteiger partial charge in [0.1, 0.15) is 0 Å². The highest BCUT2D eigenvalue weighted by Crippen LogP contribution is 2.13. The number of allylic oxidation sites excluding steroid dienone is 18. The van der Waals surface area contributed by atoms with Crippen molar-refractivity contribution < 1.29 is 19.8 Å². The van der Waals surface area contributed by atoms with E-state index in [1.54, 1.807) is 13.8 Å². The fourth-order valence-electron chi connectivity index (χ4n) is 3.85. The highest BCUT2D eigenvalue weighted by molar-refractivity contribution is 5.81. The van der Waals surface area contributed by atoms with E-state index in [-0.39, 0.29) is 0 Å². The van der Waals surface area contributed by atoms with E-state index in [0.29, 0.717) is 0 Å². The molecule has 0 aliphatic rings. The van der Waals surface area contributed by atoms with Crippen molar-refractivity contribution in [3.05, 3.63) is 117 Å². The Morgan fingerprint density at radius 3 is 1.05 bits per heavy atom. The molecule has 0 aliphatic carbocycles. The Morgan fingerprint density at radius 2 is 0.750 bits per heavy atom. The molecule has 0 saturated heterocycles. The van der Waals surface area contributed by atoms with Gasteiger partial charge in [0.25, 0.3) is 0 Å². The molecule has 4 heteroatoms. The molecule has 0 fully saturated rings. The van der Waals surface area contributed by atoms with E-state index in [9.17, 15) is 9.59 Å². The average Bonchev–Trinajstić information content (AvgIpc) is 2.87. The number of hydrogen-bond donors (Lipinski definition) is 2. The van der Waals surface area contributed by atoms with Crippen molar-refractivity contribution in [3.63, 3.8) is 0 Å². The minimum absolute atomic E-state index is 0.742. The lowest BCUT2D eigenvalue weighted by atomic mass is 10.1. The summed E-state index contributed by atoms with van der Waals surface area (Å²) in [6, 6.07) is 0. The van der Waals surface area contributed by atoms with E-state index >= 15 is 0 Å². The number of aliphatic carboxylic acids is 2. The largest absolute Gasteiger partial charge is 0.478 e. The first kappa shape index (κ1) is 42.5. The van der Waals surface area contributed by atoms with E-state index in [1.807, 2.05) is 36.5 Å². The molecule has 244 valence electrons. The first-order chi connectivity index (χ1) is 20.6. The number of rotatable bonds is 18. The number of carboxylic acid groups (broad SMARTS) is 2. The van der Waals surface area contributed by atoms with E-state index in [2.05, 4.69) is 79.7 Å². The van der Waals surface area contributed by atoms with Gasteiger partial charge in [-0.25, -0.2) is 9.59 Å². The van der Waals surface area contributed by atoms with Crippen LogP contribution in [0.15, 0.2) is 117 Å². The van der Waals surface area contributed by atoms with Gasteiger partial charge in [-0.1, -0.05) is 94.2 Å². The van der Waals surface area contributed by atoms with Gasteiger partial charge in [-0.05, 0) is 132 Å². The normalized spacial score (nSPS) is 13.6. The summed E-state index contributed by atoms with van der Waals surface area (Å²) in [4.78, 5) is 21.0. The predicted octanol–water partition coefficient (Wildman–Crippen LogP) is 12.0. The highest BCUT2D eigenvalue weighted by atomic mass is 16.4. The lowest BCUT2D eigenvalue weighted by Gasteiger charge is -2.00. The van der Waals surface area contributed by atoms with Crippen molar-refractivity contribution in [2.45, 2.75) is 121 Å². The van der Waals surface area contributed by atoms with Gasteiger partial charge >= 0.3 is 11.9 Å². The van der Waals surface area contributed by atoms with Crippen LogP contribution in [0.2, 0.25) is 0 Å². The molecule has 0 aromatic rings. The van der Waals surface area contributed by atoms with Crippen LogP contribution < -0.4 is 0 Å². The van der Waals surface area contributed by atoms with Gasteiger partial charge in [-0.3, -0.25) is 0 Å². The van der Waals surface area contributed by atoms with Crippen molar-refractivity contribution in [1.29, 1.82) is 0 Å². The first-order valence-corrected chi connectivity index (χ1v) is 15.7. The smallest absolute Gasteiger partial charge is 0.328 e. The minimum atomic E-state index is -0.906. The Kier molecular flexibility index (Phi) is 26.0. The van der Waals surface area contributed by atoms with Crippen molar-refractivity contribution in [2.75, 3.05) is 0 Å². The molecule has 0 saturated carbocycles. The van der Waals surface area contributed by atoms with Crippen LogP contribution in [0.5, 0.6) is 0 Å². The lowest BCUT2D eigenvalue weighted by molar-refractivity contribution is -0.132. The molecule has 0 bridgehead atoms. The quantitative estimate of drug-likeness (QED) is 0.0927. The van der Waals surface area contributed by atoms with Crippen molar-refractivity contribution >= 4 is 11.9 Å². The number of carboxylic acids is 2. The summed E-state index contributed by atoms with van der Waals surface area (Å²) in [6.45, 7) is 20.7. The third-order valence-electron chi connectivity index (χ3n) is 6.43. The summed E-state index contributed by atoms with van der Waals surface area (Å²) in [5.74, 6) is -1.81. The van der Waals surface area contributed by atoms with Crippen LogP contribution in [0, 0.1) is 0 Å². The van der Waals surface area contributed by atoms with Crippen molar-refractivity contribution in [1.82, 2.24) is 0 Å². The molecule has 0 rings (SSSR count). The topological polar surface area (TPSA) is 74.6 Å². The van der Waals surface area contributed by atoms with E-state index in [1.165, 1.54) is 45.6 Å². The molecule has 4 nitrogen and oxygen atoms in total. The lowest BCUT2D eigenvalue weighted by Crippen LogP contribution is -1.87. The van der Waals surface area contributed by atoms with E-state index in [4.69, 9.17) is 10.2 Å². The van der Waals surface area contributed by atoms with Gasteiger partial charge in [-0.2, -0.15) is 0 Å². The van der Waals surface area contributed by atoms with Crippen LogP contribution >= 0.6 is 0 Å². The zero-order valence-corrected chi connectivity index (χ0v) is 29.3. The Bertz CT molecular complexity index is 1090. The summed E-state index contributed by atoms with van der Waals surface area (Å²) >= 11 is 0. The zero-order valence-electron chi connectivity index (χ0n) is 29.3. The number of carbonyl (C=O) groups is 2. The average molecular weight is 605 g/mol. The van der Waals surface area contributed by atoms with Crippen LogP contribution in [0.3, 0.4) is 0 Å². The molecule has 0 amide bonds. The fourth-order valence-corrected chi connectivity index (χ4v) is 3.85. The second-order valence-corrected chi connectivity index (χ2v) is 12.0. The molecular formula is C40H60O4. The summed E-state index contributed by atoms with van der Waals surface area (Å²) in [5, 5.41) is 17.2. The third kappa shape index (κ3) is 32.8. The van der Waals surface area contributed by atoms with Gasteiger partial charge in [0, 0.05) is 12.2 Å². The van der Waals surface area contributed by atoms with Gasteiger partial charge in [0.15, 0.2) is 0 Å². The molecule has 0 aromatic heterocycles. The Labute approximate surface area is 269 Å². The Morgan fingerprint density at radius 1 is 0.455 bits per heavy atom. The summed E-state index contributed by atoms with van der Waals surface area (Å²) < 4.78 is 0. The molecule has 0 heterocycles. The van der Waals surface area contributed by atoms with Crippen LogP contribution in [-0.4, -0.2) is 22.2 Å². The molecule has 0 unspecified atom stereocenters. The molecule has 0 radical (unpaired) electrons. The molecular weight excluding hydrogens is 544 g/mol. The maximum absolute atomic E-state index is 10.5. The summed E-state index contributed by atoms with van der Waals surface area (Å²) in [5.41, 5.74) is 9.73. The monoisotopic (exact) mass is 604 g/mol. The highest BCUT2D eigenvalue weighted by Gasteiger charge is 1.94. The summed E-state index contributed by atoms with van der Waals surface area (Å²) in [7, 11) is 0. The first-order valence-electron chi connectivity index (χ1n) is 15.7. The second-order valence-electron chi connectivity index (χ2n) is 12.0. The standard InChI is InChI=1S/2C20H30O2/c2*1-16(2)9-6-10-17(3)11-7-12-18(4)13-8-14-19(5)15-20(21)22/h2*8-9,11,13-15H,6-7,10,12H2,1-5H3,(H,21,22)/b2*14-8+,17-11+,18-13+,19-15+. The summed E-state index contributed by atoms with van der Waals surface area (Å²) in [6.07, 6.45) is 31.8. The van der Waals surface area contributed by atoms with Crippen LogP contribution in [-0.2, 0) is 9.59 Å². The SMILES string of the molecule is CC(C)=CCC/C(C)=C/CC/C(C)=C/C=C/C(C)=C/C(=O)O.CC(C)=CCC/C(C)=C/CC/C(C)=C/C=C/C(C)=C/C(=O)O. The van der Waals surface area contributed by atoms with E-state index in [0.717, 1.165) is 62.5 Å². The van der Waals surface area contributed by atoms with Gasteiger partial charge in [0.2, 0.25) is 0 Å². The molecule has 44 heavy (non-hydrogen) atoms. The second kappa shape index (κ2) is 26.9. The molecule has 0 aliphatic heterocycles. The van der Waals surface area contributed by atoms with Gasteiger partial charge in [-0.15, -0.1) is 0 Å². The van der Waals surface area contributed by atoms with E-state index < -0.39 is 11.9 Å². The van der Waals surface area contributed by atoms with Crippen molar-refractivity contribution in [3.8, 4) is 0 Å². The molecule has 0 aromatic carbocycles. The molecule has 0 atom stereocenters. The molecule has 2 N–H and O–H groups in total. The van der Waals surface area contributed by atoms with Crippen molar-refractivity contribution in [2.24, 2.45) is 0 Å². The molecule has 0 spiro atoms. The predicted molar refractivity (Wildman–Crippen MR) is 192 cm³/mol.